The molecule has 0 radical (unpaired) electrons. The van der Waals surface area contributed by atoms with Gasteiger partial charge in [-0.2, -0.15) is 9.97 Å². The lowest BCUT2D eigenvalue weighted by Crippen LogP contribution is -2.49. The van der Waals surface area contributed by atoms with Crippen molar-refractivity contribution in [2.75, 3.05) is 29.5 Å². The second-order valence-electron chi connectivity index (χ2n) is 4.61. The van der Waals surface area contributed by atoms with Gasteiger partial charge in [0, 0.05) is 12.6 Å². The van der Waals surface area contributed by atoms with E-state index in [0.717, 1.165) is 31.8 Å². The van der Waals surface area contributed by atoms with Crippen LogP contribution in [0.4, 0.5) is 17.6 Å². The van der Waals surface area contributed by atoms with Crippen LogP contribution in [0.15, 0.2) is 6.07 Å². The maximum Gasteiger partial charge on any atom is 0.223 e. The second kappa shape index (κ2) is 4.03. The first-order chi connectivity index (χ1) is 8.24. The van der Waals surface area contributed by atoms with Gasteiger partial charge in [-0.15, -0.1) is 0 Å². The number of morpholine rings is 1. The van der Waals surface area contributed by atoms with E-state index in [4.69, 9.17) is 16.2 Å². The Kier molecular flexibility index (Phi) is 2.51. The van der Waals surface area contributed by atoms with Gasteiger partial charge < -0.3 is 21.1 Å². The monoisotopic (exact) mass is 235 g/mol. The summed E-state index contributed by atoms with van der Waals surface area (Å²) >= 11 is 0. The highest BCUT2D eigenvalue weighted by molar-refractivity contribution is 5.51. The van der Waals surface area contributed by atoms with Crippen LogP contribution in [0, 0.1) is 0 Å². The minimum atomic E-state index is 0.237. The zero-order valence-electron chi connectivity index (χ0n) is 9.67. The normalized spacial score (nSPS) is 28.1. The first-order valence-corrected chi connectivity index (χ1v) is 6.02. The number of hydrogen-bond donors (Lipinski definition) is 2. The van der Waals surface area contributed by atoms with E-state index in [-0.39, 0.29) is 5.95 Å². The number of ether oxygens (including phenoxy) is 1. The molecule has 1 aliphatic heterocycles. The molecule has 2 heterocycles. The Morgan fingerprint density at radius 3 is 3.00 bits per heavy atom. The van der Waals surface area contributed by atoms with Gasteiger partial charge in [0.15, 0.2) is 0 Å². The summed E-state index contributed by atoms with van der Waals surface area (Å²) in [6, 6.07) is 2.20. The molecule has 2 atom stereocenters. The van der Waals surface area contributed by atoms with Crippen LogP contribution < -0.4 is 16.4 Å². The maximum atomic E-state index is 5.77. The van der Waals surface area contributed by atoms with Crippen molar-refractivity contribution in [1.29, 1.82) is 0 Å². The van der Waals surface area contributed by atoms with Crippen molar-refractivity contribution in [1.82, 2.24) is 9.97 Å². The molecule has 1 saturated heterocycles. The number of aromatic nitrogens is 2. The average molecular weight is 235 g/mol. The number of nitrogens with zero attached hydrogens (tertiary/aromatic N) is 3. The Hall–Kier alpha value is -1.56. The second-order valence-corrected chi connectivity index (χ2v) is 4.61. The van der Waals surface area contributed by atoms with Gasteiger partial charge in [0.05, 0.1) is 18.8 Å². The van der Waals surface area contributed by atoms with Gasteiger partial charge >= 0.3 is 0 Å². The van der Waals surface area contributed by atoms with E-state index in [1.54, 1.807) is 6.07 Å². The minimum Gasteiger partial charge on any atom is -0.383 e. The standard InChI is InChI=1S/C11H17N5O/c12-9-6-10(15-11(13)14-9)16-4-5-17-8-3-1-2-7(8)16/h6-8H,1-5H2,(H4,12,13,14,15). The SMILES string of the molecule is Nc1cc(N2CCOC3CCCC32)nc(N)n1. The molecule has 2 unspecified atom stereocenters. The largest absolute Gasteiger partial charge is 0.383 e. The van der Waals surface area contributed by atoms with Crippen molar-refractivity contribution < 1.29 is 4.74 Å². The maximum absolute atomic E-state index is 5.77. The van der Waals surface area contributed by atoms with Crippen LogP contribution in [0.3, 0.4) is 0 Å². The molecule has 1 saturated carbocycles. The first kappa shape index (κ1) is 10.6. The number of fused-ring (bicyclic) bond motifs is 1. The van der Waals surface area contributed by atoms with E-state index >= 15 is 0 Å². The Morgan fingerprint density at radius 1 is 1.29 bits per heavy atom. The number of rotatable bonds is 1. The van der Waals surface area contributed by atoms with E-state index in [1.165, 1.54) is 6.42 Å². The number of nitrogens with two attached hydrogens (primary N) is 2. The third-order valence-electron chi connectivity index (χ3n) is 3.53. The van der Waals surface area contributed by atoms with E-state index in [0.29, 0.717) is 18.0 Å². The van der Waals surface area contributed by atoms with Gasteiger partial charge in [-0.1, -0.05) is 0 Å². The van der Waals surface area contributed by atoms with E-state index in [2.05, 4.69) is 14.9 Å². The molecule has 3 rings (SSSR count). The Balaban J connectivity index is 1.91. The van der Waals surface area contributed by atoms with Crippen LogP contribution in [0.1, 0.15) is 19.3 Å². The van der Waals surface area contributed by atoms with Gasteiger partial charge in [-0.3, -0.25) is 0 Å². The van der Waals surface area contributed by atoms with Crippen LogP contribution in [-0.4, -0.2) is 35.3 Å². The third kappa shape index (κ3) is 1.88. The highest BCUT2D eigenvalue weighted by Crippen LogP contribution is 2.32. The van der Waals surface area contributed by atoms with Gasteiger partial charge in [0.1, 0.15) is 11.6 Å². The van der Waals surface area contributed by atoms with Gasteiger partial charge in [-0.25, -0.2) is 0 Å². The highest BCUT2D eigenvalue weighted by atomic mass is 16.5. The molecule has 0 bridgehead atoms. The molecule has 1 aromatic heterocycles. The molecular weight excluding hydrogens is 218 g/mol. The molecule has 6 nitrogen and oxygen atoms in total. The summed E-state index contributed by atoms with van der Waals surface area (Å²) in [5.74, 6) is 1.49. The molecule has 17 heavy (non-hydrogen) atoms. The molecule has 1 aliphatic carbocycles. The fourth-order valence-electron chi connectivity index (χ4n) is 2.83. The quantitative estimate of drug-likeness (QED) is 0.732. The van der Waals surface area contributed by atoms with Crippen LogP contribution in [0.5, 0.6) is 0 Å². The van der Waals surface area contributed by atoms with Crippen LogP contribution in [-0.2, 0) is 4.74 Å². The molecule has 2 fully saturated rings. The topological polar surface area (TPSA) is 90.3 Å². The third-order valence-corrected chi connectivity index (χ3v) is 3.53. The number of hydrogen-bond acceptors (Lipinski definition) is 6. The van der Waals surface area contributed by atoms with Crippen molar-refractivity contribution in [3.8, 4) is 0 Å². The summed E-state index contributed by atoms with van der Waals surface area (Å²) in [6.07, 6.45) is 3.83. The molecule has 92 valence electrons. The molecule has 4 N–H and O–H groups in total. The van der Waals surface area contributed by atoms with Crippen LogP contribution in [0.25, 0.3) is 0 Å². The van der Waals surface area contributed by atoms with Gasteiger partial charge in [-0.05, 0) is 19.3 Å². The highest BCUT2D eigenvalue weighted by Gasteiger charge is 2.36. The predicted molar refractivity (Wildman–Crippen MR) is 65.6 cm³/mol. The van der Waals surface area contributed by atoms with Crippen molar-refractivity contribution in [2.45, 2.75) is 31.4 Å². The molecule has 2 aliphatic rings. The average Bonchev–Trinajstić information content (AvgIpc) is 2.75. The van der Waals surface area contributed by atoms with Crippen LogP contribution in [0.2, 0.25) is 0 Å². The van der Waals surface area contributed by atoms with Crippen molar-refractivity contribution in [3.63, 3.8) is 0 Å². The fraction of sp³-hybridized carbons (Fsp3) is 0.636. The van der Waals surface area contributed by atoms with Crippen LogP contribution >= 0.6 is 0 Å². The van der Waals surface area contributed by atoms with Crippen molar-refractivity contribution in [2.24, 2.45) is 0 Å². The van der Waals surface area contributed by atoms with Gasteiger partial charge in [0.25, 0.3) is 0 Å². The number of anilines is 3. The molecule has 0 amide bonds. The zero-order valence-corrected chi connectivity index (χ0v) is 9.67. The van der Waals surface area contributed by atoms with E-state index < -0.39 is 0 Å². The summed E-state index contributed by atoms with van der Waals surface area (Å²) in [6.45, 7) is 1.59. The molecule has 0 spiro atoms. The summed E-state index contributed by atoms with van der Waals surface area (Å²) < 4.78 is 5.77. The van der Waals surface area contributed by atoms with Gasteiger partial charge in [0.2, 0.25) is 5.95 Å². The Morgan fingerprint density at radius 2 is 2.18 bits per heavy atom. The summed E-state index contributed by atoms with van der Waals surface area (Å²) in [4.78, 5) is 10.4. The fourth-order valence-corrected chi connectivity index (χ4v) is 2.83. The first-order valence-electron chi connectivity index (χ1n) is 6.02. The Labute approximate surface area is 100.0 Å². The zero-order chi connectivity index (χ0) is 11.8. The summed E-state index contributed by atoms with van der Waals surface area (Å²) in [5, 5.41) is 0. The van der Waals surface area contributed by atoms with Crippen molar-refractivity contribution >= 4 is 17.6 Å². The molecule has 1 aromatic rings. The van der Waals surface area contributed by atoms with Crippen molar-refractivity contribution in [3.05, 3.63) is 6.07 Å². The van der Waals surface area contributed by atoms with E-state index in [1.807, 2.05) is 0 Å². The Bertz CT molecular complexity index is 404. The lowest BCUT2D eigenvalue weighted by Gasteiger charge is -2.38. The number of nitrogen functional groups attached to an aromatic ring is 2. The summed E-state index contributed by atoms with van der Waals surface area (Å²) in [7, 11) is 0. The minimum absolute atomic E-state index is 0.237. The smallest absolute Gasteiger partial charge is 0.223 e. The molecule has 0 aromatic carbocycles. The lowest BCUT2D eigenvalue weighted by atomic mass is 10.1. The molecule has 6 heteroatoms. The van der Waals surface area contributed by atoms with E-state index in [9.17, 15) is 0 Å². The predicted octanol–water partition coefficient (Wildman–Crippen LogP) is 0.399. The molecular formula is C11H17N5O. The lowest BCUT2D eigenvalue weighted by molar-refractivity contribution is 0.0253. The summed E-state index contributed by atoms with van der Waals surface area (Å²) in [5.41, 5.74) is 11.4.